The van der Waals surface area contributed by atoms with Crippen LogP contribution >= 0.6 is 0 Å². The molecule has 1 fully saturated rings. The van der Waals surface area contributed by atoms with Crippen LogP contribution in [-0.2, 0) is 94.3 Å². The predicted molar refractivity (Wildman–Crippen MR) is 533 cm³/mol. The number of ether oxygens (including phenoxy) is 7. The smallest absolute Gasteiger partial charge is 0.410 e. The molecule has 3 aromatic rings. The number of anilines is 1. The number of rotatable bonds is 73. The van der Waals surface area contributed by atoms with Gasteiger partial charge in [-0.3, -0.25) is 67.4 Å². The molecule has 48 nitrogen and oxygen atoms in total. The number of methoxy groups -OCH3 is 2. The summed E-state index contributed by atoms with van der Waals surface area (Å²) in [6.07, 6.45) is -11.2. The molecule has 21 N–H and O–H groups in total. The Kier molecular flexibility index (Phi) is 57.7. The zero-order chi connectivity index (χ0) is 109. The standard InChI is InChI=1S/C99H163N17O31/c1-15-62(8)84(76(141-13)52-80(126)114-41-25-30-70(114)90(142-14)63(9)91(132)104-64(10)85(127)66-26-18-16-19-27-66)111(11)97(138)82(60(4)5)109-96(137)83(61(6)7)112(12)99(140)147-58-65-32-34-67(35-33-65)105-92(133)69(29-24-39-102-98(100)139)107-95(136)81(59(2)3)108-93(134)68(106-77(123)31-20-17-23-40-115-78(124)36-37-79(115)125)28-21-22-38-101-94(135)71-53-103-110-116(71)43-45-144-47-49-146-51-50-145-48-46-143-44-42-113(54-72(119)86(128)88(130)74(121)56-117)55-73(120)87(129)89(131)75(122)57-118/h16,18-19,26-27,32-37,53,59-64,68-70,72-76,81-90,117-122,127-131H,15,17,20-25,28-31,38-52,54-58H2,1-14H3,(H,101,135)(H,104,132)(H,105,133)(H,106,123)(H,107,136)(H,108,134)(H,109,137)(H3,100,102,139)/t62-,63+,64-,68-,69-,70-,72-,73-,74+,75+,76-,81-,82-,83-,84-,85-,86+,87+,88+,89+,90+/m0/s1. The van der Waals surface area contributed by atoms with Crippen molar-refractivity contribution in [1.29, 1.82) is 0 Å². The highest BCUT2D eigenvalue weighted by Crippen LogP contribution is 2.32. The molecule has 1 saturated heterocycles. The third kappa shape index (κ3) is 42.1. The molecule has 48 heteroatoms. The fourth-order valence-corrected chi connectivity index (χ4v) is 17.2. The van der Waals surface area contributed by atoms with Crippen LogP contribution in [0.2, 0.25) is 0 Å². The number of aliphatic hydroxyl groups excluding tert-OH is 11. The van der Waals surface area contributed by atoms with Gasteiger partial charge in [0.2, 0.25) is 47.3 Å². The molecular formula is C99H163N17O31. The molecule has 1 aromatic heterocycles. The monoisotopic (exact) mass is 2090 g/mol. The lowest BCUT2D eigenvalue weighted by Crippen LogP contribution is -2.60. The average molecular weight is 2090 g/mol. The van der Waals surface area contributed by atoms with E-state index in [0.29, 0.717) is 62.6 Å². The van der Waals surface area contributed by atoms with Gasteiger partial charge in [0.1, 0.15) is 79.1 Å². The Labute approximate surface area is 859 Å². The van der Waals surface area contributed by atoms with Crippen LogP contribution in [0.25, 0.3) is 0 Å². The van der Waals surface area contributed by atoms with Gasteiger partial charge in [0.05, 0.1) is 140 Å². The zero-order valence-corrected chi connectivity index (χ0v) is 87.2. The quantitative estimate of drug-likeness (QED) is 0.0215. The highest BCUT2D eigenvalue weighted by Gasteiger charge is 2.46. The first-order chi connectivity index (χ1) is 69.9. The van der Waals surface area contributed by atoms with E-state index in [1.807, 2.05) is 19.9 Å². The van der Waals surface area contributed by atoms with Gasteiger partial charge in [-0.25, -0.2) is 14.3 Å². The Balaban J connectivity index is 1.14. The van der Waals surface area contributed by atoms with Crippen molar-refractivity contribution in [3.05, 3.63) is 89.8 Å². The number of hydrogen-bond acceptors (Lipinski definition) is 34. The second kappa shape index (κ2) is 66.8. The molecule has 0 radical (unpaired) electrons. The van der Waals surface area contributed by atoms with Gasteiger partial charge in [0.15, 0.2) is 0 Å². The summed E-state index contributed by atoms with van der Waals surface area (Å²) in [5.41, 5.74) is 6.81. The summed E-state index contributed by atoms with van der Waals surface area (Å²) in [5, 5.41) is 141. The first-order valence-electron chi connectivity index (χ1n) is 50.5. The number of nitrogens with two attached hydrogens (primary N) is 1. The highest BCUT2D eigenvalue weighted by molar-refractivity contribution is 6.13. The number of unbranched alkanes of at least 4 members (excludes halogenated alkanes) is 3. The Hall–Kier alpha value is -10.5. The number of likely N-dealkylation sites (N-methyl/N-ethyl adjacent to an activating group) is 2. The molecule has 2 aromatic carbocycles. The minimum absolute atomic E-state index is 0.00985. The minimum Gasteiger partial charge on any atom is -0.445 e. The van der Waals surface area contributed by atoms with Gasteiger partial charge in [-0.05, 0) is 112 Å². The fourth-order valence-electron chi connectivity index (χ4n) is 17.2. The summed E-state index contributed by atoms with van der Waals surface area (Å²) in [6, 6.07) is 6.47. The number of nitrogens with zero attached hydrogens (tertiary/aromatic N) is 8. The summed E-state index contributed by atoms with van der Waals surface area (Å²) in [6.45, 7) is 16.2. The predicted octanol–water partition coefficient (Wildman–Crippen LogP) is -2.01. The first-order valence-corrected chi connectivity index (χ1v) is 50.5. The van der Waals surface area contributed by atoms with E-state index in [1.54, 1.807) is 104 Å². The second-order valence-electron chi connectivity index (χ2n) is 38.2. The highest BCUT2D eigenvalue weighted by atomic mass is 16.6. The number of carbonyl (C=O) groups excluding carboxylic acids is 13. The average Bonchev–Trinajstić information content (AvgIpc) is 1.61. The lowest BCUT2D eigenvalue weighted by molar-refractivity contribution is -0.148. The molecule has 3 heterocycles. The van der Waals surface area contributed by atoms with Crippen molar-refractivity contribution < 1.29 is 152 Å². The van der Waals surface area contributed by atoms with E-state index in [9.17, 15) is 108 Å². The van der Waals surface area contributed by atoms with Crippen molar-refractivity contribution in [1.82, 2.24) is 76.7 Å². The molecule has 2 aliphatic rings. The number of benzene rings is 2. The lowest BCUT2D eigenvalue weighted by atomic mass is 9.89. The molecular weight excluding hydrogens is 1920 g/mol. The summed E-state index contributed by atoms with van der Waals surface area (Å²) < 4.78 is 41.6. The van der Waals surface area contributed by atoms with Gasteiger partial charge in [0.25, 0.3) is 17.7 Å². The molecule has 0 bridgehead atoms. The maximum Gasteiger partial charge on any atom is 0.410 e. The molecule has 830 valence electrons. The Morgan fingerprint density at radius 3 is 1.68 bits per heavy atom. The number of urea groups is 1. The van der Waals surface area contributed by atoms with E-state index < -0.39 is 231 Å². The number of amides is 14. The Bertz CT molecular complexity index is 4480. The number of primary amides is 1. The van der Waals surface area contributed by atoms with Gasteiger partial charge in [-0.1, -0.05) is 123 Å². The summed E-state index contributed by atoms with van der Waals surface area (Å²) >= 11 is 0. The molecule has 0 aliphatic carbocycles. The minimum atomic E-state index is -1.95. The number of carbonyl (C=O) groups is 13. The molecule has 0 spiro atoms. The fraction of sp³-hybridized carbons (Fsp3) is 0.707. The van der Waals surface area contributed by atoms with Gasteiger partial charge in [-0.2, -0.15) is 0 Å². The first kappa shape index (κ1) is 127. The summed E-state index contributed by atoms with van der Waals surface area (Å²) in [4.78, 5) is 185. The van der Waals surface area contributed by atoms with Crippen LogP contribution in [-0.4, -0.2) is 422 Å². The SMILES string of the molecule is CC[C@H](C)[C@@H]([C@H](CC(=O)N1CCC[C@H]1[C@H](OC)[C@@H](C)C(=O)N[C@@H](C)[C@H](O)c1ccccc1)OC)N(C)C(=O)[C@@H](NC(=O)[C@H](C(C)C)N(C)C(=O)OCc1ccc(NC(=O)[C@H](CCCNC(N)=O)NC(=O)[C@@H](NC(=O)[C@H](CCCCNC(=O)c2cnnn2CCOCCOCCOCCOCCN(C[C@H](O)[C@@H](O)[C@H](O)[C@H](O)CO)C[C@H](O)[C@@H](O)[C@H](O)[C@H](O)CO)NC(=O)CCCCCN2C(=O)C=CC2=O)C(C)C)cc1)C(C)C. The third-order valence-electron chi connectivity index (χ3n) is 26.1. The number of hydrogen-bond donors (Lipinski definition) is 20. The normalized spacial score (nSPS) is 17.4. The lowest BCUT2D eigenvalue weighted by Gasteiger charge is -2.41. The van der Waals surface area contributed by atoms with Crippen molar-refractivity contribution in [2.24, 2.45) is 35.3 Å². The molecule has 14 amide bonds. The molecule has 147 heavy (non-hydrogen) atoms. The van der Waals surface area contributed by atoms with Crippen molar-refractivity contribution in [2.45, 2.75) is 281 Å². The summed E-state index contributed by atoms with van der Waals surface area (Å²) in [5.74, 6) is -8.41. The summed E-state index contributed by atoms with van der Waals surface area (Å²) in [7, 11) is 5.99. The Morgan fingerprint density at radius 1 is 0.565 bits per heavy atom. The van der Waals surface area contributed by atoms with Crippen LogP contribution in [0, 0.1) is 29.6 Å². The van der Waals surface area contributed by atoms with Crippen molar-refractivity contribution in [3.8, 4) is 0 Å². The number of nitrogens with one attached hydrogen (secondary N) is 8. The van der Waals surface area contributed by atoms with E-state index in [1.165, 1.54) is 66.2 Å². The van der Waals surface area contributed by atoms with Crippen LogP contribution in [0.5, 0.6) is 0 Å². The topological polar surface area (TPSA) is 678 Å². The number of likely N-dealkylation sites (tertiary alicyclic amines) is 1. The van der Waals surface area contributed by atoms with Crippen LogP contribution < -0.4 is 48.3 Å². The van der Waals surface area contributed by atoms with Gasteiger partial charge >= 0.3 is 12.1 Å². The third-order valence-corrected chi connectivity index (χ3v) is 26.1. The Morgan fingerprint density at radius 2 is 1.12 bits per heavy atom. The van der Waals surface area contributed by atoms with E-state index in [2.05, 4.69) is 52.8 Å². The molecule has 2 aliphatic heterocycles. The molecule has 0 unspecified atom stereocenters. The van der Waals surface area contributed by atoms with Crippen molar-refractivity contribution in [2.75, 3.05) is 146 Å². The zero-order valence-electron chi connectivity index (χ0n) is 87.2. The van der Waals surface area contributed by atoms with Crippen LogP contribution in [0.4, 0.5) is 15.3 Å². The molecule has 0 saturated carbocycles. The number of aliphatic hydroxyl groups is 11. The van der Waals surface area contributed by atoms with Gasteiger partial charge in [-0.15, -0.1) is 5.10 Å². The maximum absolute atomic E-state index is 15.0. The van der Waals surface area contributed by atoms with Crippen molar-refractivity contribution >= 4 is 82.8 Å². The van der Waals surface area contributed by atoms with Gasteiger partial charge < -0.3 is 147 Å². The van der Waals surface area contributed by atoms with E-state index in [4.69, 9.17) is 49.1 Å². The number of aromatic nitrogens is 3. The van der Waals surface area contributed by atoms with Crippen molar-refractivity contribution in [3.63, 3.8) is 0 Å². The number of imide groups is 1. The van der Waals surface area contributed by atoms with E-state index >= 15 is 0 Å². The molecule has 21 atom stereocenters. The van der Waals surface area contributed by atoms with E-state index in [0.717, 1.165) is 9.80 Å². The largest absolute Gasteiger partial charge is 0.445 e. The van der Waals surface area contributed by atoms with Crippen LogP contribution in [0.1, 0.15) is 180 Å². The maximum atomic E-state index is 15.0. The second-order valence-corrected chi connectivity index (χ2v) is 38.2. The van der Waals surface area contributed by atoms with Crippen LogP contribution in [0.15, 0.2) is 72.9 Å². The van der Waals surface area contributed by atoms with E-state index in [-0.39, 0.29) is 160 Å². The van der Waals surface area contributed by atoms with Gasteiger partial charge in [0, 0.05) is 98.4 Å². The molecule has 5 rings (SSSR count). The van der Waals surface area contributed by atoms with Crippen LogP contribution in [0.3, 0.4) is 0 Å².